The molecule has 1 atom stereocenters. The fraction of sp³-hybridized carbons (Fsp3) is 0.250. The van der Waals surface area contributed by atoms with Gasteiger partial charge in [0, 0.05) is 12.2 Å². The summed E-state index contributed by atoms with van der Waals surface area (Å²) in [5, 5.41) is 17.9. The van der Waals surface area contributed by atoms with E-state index >= 15 is 0 Å². The zero-order valence-corrected chi connectivity index (χ0v) is 9.15. The number of aliphatic hydroxyl groups excluding tert-OH is 1. The summed E-state index contributed by atoms with van der Waals surface area (Å²) in [7, 11) is 0. The van der Waals surface area contributed by atoms with E-state index in [2.05, 4.69) is 4.98 Å². The maximum absolute atomic E-state index is 12.0. The molecule has 1 N–H and O–H groups in total. The molecule has 5 heteroatoms. The first-order chi connectivity index (χ1) is 8.24. The molecule has 86 valence electrons. The summed E-state index contributed by atoms with van der Waals surface area (Å²) < 4.78 is 0. The number of hydrogen-bond acceptors (Lipinski definition) is 3. The molecule has 2 rings (SSSR count). The number of carbonyl (C=O) groups excluding carboxylic acids is 1. The van der Waals surface area contributed by atoms with Crippen molar-refractivity contribution < 1.29 is 9.90 Å². The summed E-state index contributed by atoms with van der Waals surface area (Å²) in [6.07, 6.45) is 1.42. The number of diazo groups is 1. The van der Waals surface area contributed by atoms with E-state index in [4.69, 9.17) is 5.39 Å². The summed E-state index contributed by atoms with van der Waals surface area (Å²) in [6, 6.07) is 9.28. The van der Waals surface area contributed by atoms with Crippen molar-refractivity contribution in [3.8, 4) is 0 Å². The van der Waals surface area contributed by atoms with E-state index < -0.39 is 5.92 Å². The van der Waals surface area contributed by atoms with E-state index in [1.807, 2.05) is 30.3 Å². The van der Waals surface area contributed by atoms with Gasteiger partial charge in [-0.2, -0.15) is 0 Å². The van der Waals surface area contributed by atoms with Crippen LogP contribution < -0.4 is 4.90 Å². The van der Waals surface area contributed by atoms with E-state index in [9.17, 15) is 9.90 Å². The number of hydrogen-bond donors (Lipinski definition) is 1. The fourth-order valence-corrected chi connectivity index (χ4v) is 1.97. The molecular weight excluding hydrogens is 218 g/mol. The first kappa shape index (κ1) is 11.1. The topological polar surface area (TPSA) is 68.7 Å². The Morgan fingerprint density at radius 1 is 1.47 bits per heavy atom. The minimum Gasteiger partial charge on any atom is -0.505 e. The predicted molar refractivity (Wildman–Crippen MR) is 62.7 cm³/mol. The molecule has 1 unspecified atom stereocenters. The van der Waals surface area contributed by atoms with Gasteiger partial charge in [0.15, 0.2) is 10.7 Å². The van der Waals surface area contributed by atoms with Gasteiger partial charge in [-0.05, 0) is 18.6 Å². The summed E-state index contributed by atoms with van der Waals surface area (Å²) in [5.74, 6) is -0.976. The van der Waals surface area contributed by atoms with E-state index in [1.165, 1.54) is 0 Å². The smallest absolute Gasteiger partial charge is 0.388 e. The zero-order chi connectivity index (χ0) is 12.3. The first-order valence-corrected chi connectivity index (χ1v) is 5.33. The van der Waals surface area contributed by atoms with Crippen LogP contribution in [0.2, 0.25) is 0 Å². The summed E-state index contributed by atoms with van der Waals surface area (Å²) >= 11 is 0. The van der Waals surface area contributed by atoms with Crippen molar-refractivity contribution in [1.29, 1.82) is 5.39 Å². The van der Waals surface area contributed by atoms with E-state index in [0.717, 1.165) is 11.9 Å². The minimum absolute atomic E-state index is 0.173. The van der Waals surface area contributed by atoms with Crippen LogP contribution in [0.3, 0.4) is 0 Å². The third-order valence-electron chi connectivity index (χ3n) is 2.82. The Balaban J connectivity index is 2.20. The molecule has 0 bridgehead atoms. The normalized spacial score (nSPS) is 20.4. The molecule has 1 aromatic rings. The molecule has 1 heterocycles. The number of aliphatic hydroxyl groups is 1. The molecule has 1 amide bonds. The Morgan fingerprint density at radius 3 is 2.82 bits per heavy atom. The van der Waals surface area contributed by atoms with Crippen LogP contribution >= 0.6 is 0 Å². The lowest BCUT2D eigenvalue weighted by Crippen LogP contribution is -2.27. The van der Waals surface area contributed by atoms with E-state index in [-0.39, 0.29) is 11.7 Å². The Labute approximate surface area is 98.6 Å². The van der Waals surface area contributed by atoms with Crippen molar-refractivity contribution >= 4 is 11.6 Å². The second kappa shape index (κ2) is 4.66. The second-order valence-corrected chi connectivity index (χ2v) is 3.84. The van der Waals surface area contributed by atoms with Crippen LogP contribution in [0.1, 0.15) is 6.42 Å². The third-order valence-corrected chi connectivity index (χ3v) is 2.82. The van der Waals surface area contributed by atoms with Crippen molar-refractivity contribution in [3.63, 3.8) is 0 Å². The molecule has 0 aliphatic carbocycles. The molecule has 1 fully saturated rings. The van der Waals surface area contributed by atoms with Crippen LogP contribution in [-0.4, -0.2) is 17.6 Å². The molecule has 1 aliphatic rings. The van der Waals surface area contributed by atoms with Gasteiger partial charge in [-0.25, -0.2) is 0 Å². The summed E-state index contributed by atoms with van der Waals surface area (Å²) in [5.41, 5.74) is 0.814. The predicted octanol–water partition coefficient (Wildman–Crippen LogP) is 2.29. The Bertz CT molecular complexity index is 490. The van der Waals surface area contributed by atoms with Gasteiger partial charge in [0.2, 0.25) is 11.3 Å². The van der Waals surface area contributed by atoms with Crippen LogP contribution in [-0.2, 0) is 4.79 Å². The van der Waals surface area contributed by atoms with Gasteiger partial charge >= 0.3 is 6.20 Å². The summed E-state index contributed by atoms with van der Waals surface area (Å²) in [4.78, 5) is 16.4. The molecular formula is C12H12N3O2+. The number of anilines is 1. The number of benzene rings is 1. The number of nitrogens with zero attached hydrogens (tertiary/aromatic N) is 3. The lowest BCUT2D eigenvalue weighted by Gasteiger charge is -2.15. The Kier molecular flexibility index (Phi) is 3.06. The highest BCUT2D eigenvalue weighted by Crippen LogP contribution is 2.28. The van der Waals surface area contributed by atoms with Gasteiger partial charge < -0.3 is 10.0 Å². The Hall–Kier alpha value is -2.35. The quantitative estimate of drug-likeness (QED) is 0.626. The fourth-order valence-electron chi connectivity index (χ4n) is 1.97. The Morgan fingerprint density at radius 2 is 2.18 bits per heavy atom. The van der Waals surface area contributed by atoms with Crippen LogP contribution in [0.5, 0.6) is 0 Å². The van der Waals surface area contributed by atoms with Crippen molar-refractivity contribution in [2.45, 2.75) is 6.42 Å². The molecule has 0 aromatic heterocycles. The largest absolute Gasteiger partial charge is 0.505 e. The van der Waals surface area contributed by atoms with E-state index in [1.54, 1.807) is 4.90 Å². The lowest BCUT2D eigenvalue weighted by atomic mass is 10.1. The lowest BCUT2D eigenvalue weighted by molar-refractivity contribution is -0.120. The highest BCUT2D eigenvalue weighted by Gasteiger charge is 2.36. The SMILES string of the molecule is N#[N+]/C=C(/O)C1CCN(c2ccccc2)C1=O. The van der Waals surface area contributed by atoms with Gasteiger partial charge in [-0.15, -0.1) is 0 Å². The van der Waals surface area contributed by atoms with Gasteiger partial charge in [0.05, 0.1) is 0 Å². The van der Waals surface area contributed by atoms with Gasteiger partial charge in [0.25, 0.3) is 0 Å². The minimum atomic E-state index is -0.605. The van der Waals surface area contributed by atoms with Crippen molar-refractivity contribution in [1.82, 2.24) is 0 Å². The van der Waals surface area contributed by atoms with Crippen molar-refractivity contribution in [3.05, 3.63) is 47.3 Å². The van der Waals surface area contributed by atoms with Crippen LogP contribution in [0, 0.1) is 11.3 Å². The van der Waals surface area contributed by atoms with E-state index in [0.29, 0.717) is 13.0 Å². The van der Waals surface area contributed by atoms with Crippen LogP contribution in [0.25, 0.3) is 4.98 Å². The van der Waals surface area contributed by atoms with Crippen molar-refractivity contribution in [2.24, 2.45) is 5.92 Å². The van der Waals surface area contributed by atoms with Gasteiger partial charge in [0.1, 0.15) is 5.92 Å². The molecule has 1 aliphatic heterocycles. The maximum atomic E-state index is 12.0. The highest BCUT2D eigenvalue weighted by molar-refractivity contribution is 5.98. The maximum Gasteiger partial charge on any atom is 0.388 e. The first-order valence-electron chi connectivity index (χ1n) is 5.33. The second-order valence-electron chi connectivity index (χ2n) is 3.84. The summed E-state index contributed by atoms with van der Waals surface area (Å²) in [6.45, 7) is 0.552. The average Bonchev–Trinajstić information content (AvgIpc) is 2.72. The number of para-hydroxylation sites is 1. The number of carbonyl (C=O) groups is 1. The number of amides is 1. The molecule has 17 heavy (non-hydrogen) atoms. The zero-order valence-electron chi connectivity index (χ0n) is 9.15. The van der Waals surface area contributed by atoms with Crippen LogP contribution in [0.15, 0.2) is 42.3 Å². The number of rotatable bonds is 2. The van der Waals surface area contributed by atoms with Crippen LogP contribution in [0.4, 0.5) is 5.69 Å². The molecule has 0 spiro atoms. The monoisotopic (exact) mass is 230 g/mol. The molecule has 0 saturated carbocycles. The highest BCUT2D eigenvalue weighted by atomic mass is 16.3. The molecule has 1 saturated heterocycles. The molecule has 0 radical (unpaired) electrons. The third kappa shape index (κ3) is 2.11. The van der Waals surface area contributed by atoms with Gasteiger partial charge in [-0.1, -0.05) is 18.2 Å². The standard InChI is InChI=1S/C12H11N3O2/c13-14-8-11(16)10-6-7-15(12(10)17)9-4-2-1-3-5-9/h1-5,8,10H,6-7H2/p+1/b11-8+. The van der Waals surface area contributed by atoms with Crippen molar-refractivity contribution in [2.75, 3.05) is 11.4 Å². The molecule has 1 aromatic carbocycles. The average molecular weight is 230 g/mol. The molecule has 5 nitrogen and oxygen atoms in total. The van der Waals surface area contributed by atoms with Gasteiger partial charge in [-0.3, -0.25) is 4.79 Å².